The summed E-state index contributed by atoms with van der Waals surface area (Å²) >= 11 is 1.69. The maximum absolute atomic E-state index is 13.2. The van der Waals surface area contributed by atoms with Gasteiger partial charge in [-0.15, -0.1) is 11.3 Å². The number of carbonyl (C=O) groups is 2. The van der Waals surface area contributed by atoms with Gasteiger partial charge < -0.3 is 20.0 Å². The van der Waals surface area contributed by atoms with Crippen LogP contribution in [0.25, 0.3) is 0 Å². The lowest BCUT2D eigenvalue weighted by molar-refractivity contribution is -1.00. The van der Waals surface area contributed by atoms with E-state index in [1.54, 1.807) is 28.4 Å². The van der Waals surface area contributed by atoms with Gasteiger partial charge >= 0.3 is 0 Å². The van der Waals surface area contributed by atoms with Crippen LogP contribution in [-0.4, -0.2) is 63.0 Å². The van der Waals surface area contributed by atoms with Crippen molar-refractivity contribution in [1.82, 2.24) is 4.90 Å². The molecule has 0 bridgehead atoms. The van der Waals surface area contributed by atoms with Crippen LogP contribution in [0.1, 0.15) is 10.4 Å². The molecule has 2 aromatic rings. The number of amides is 2. The lowest BCUT2D eigenvalue weighted by atomic mass is 10.2. The predicted octanol–water partition coefficient (Wildman–Crippen LogP) is -0.424. The molecule has 0 atom stereocenters. The van der Waals surface area contributed by atoms with Gasteiger partial charge in [-0.1, -0.05) is 6.07 Å². The predicted molar refractivity (Wildman–Crippen MR) is 112 cm³/mol. The summed E-state index contributed by atoms with van der Waals surface area (Å²) in [5.74, 6) is -0.326. The Morgan fingerprint density at radius 1 is 1.14 bits per heavy atom. The maximum atomic E-state index is 13.2. The highest BCUT2D eigenvalue weighted by atomic mass is 32.1. The number of hydrogen-bond acceptors (Lipinski definition) is 3. The first-order valence-electron chi connectivity index (χ1n) is 9.90. The fourth-order valence-corrected chi connectivity index (χ4v) is 4.49. The normalized spacial score (nSPS) is 19.0. The van der Waals surface area contributed by atoms with E-state index in [1.807, 2.05) is 7.05 Å². The number of nitrogens with zero attached hydrogens (tertiary/aromatic N) is 1. The van der Waals surface area contributed by atoms with Crippen LogP contribution >= 0.6 is 11.3 Å². The first-order valence-corrected chi connectivity index (χ1v) is 10.8. The van der Waals surface area contributed by atoms with E-state index in [1.165, 1.54) is 32.4 Å². The largest absolute Gasteiger partial charge is 0.336 e. The van der Waals surface area contributed by atoms with Crippen LogP contribution in [0.15, 0.2) is 35.7 Å². The van der Waals surface area contributed by atoms with E-state index in [9.17, 15) is 14.0 Å². The van der Waals surface area contributed by atoms with Crippen LogP contribution < -0.4 is 15.1 Å². The number of halogens is 1. The number of benzene rings is 1. The van der Waals surface area contributed by atoms with Gasteiger partial charge in [0.15, 0.2) is 13.1 Å². The third kappa shape index (κ3) is 6.35. The number of quaternary nitrogens is 2. The summed E-state index contributed by atoms with van der Waals surface area (Å²) in [5.41, 5.74) is 1.71. The van der Waals surface area contributed by atoms with Gasteiger partial charge in [-0.3, -0.25) is 9.59 Å². The second-order valence-electron chi connectivity index (χ2n) is 7.69. The second-order valence-corrected chi connectivity index (χ2v) is 8.69. The van der Waals surface area contributed by atoms with E-state index in [4.69, 9.17) is 0 Å². The molecule has 2 heterocycles. The Hall–Kier alpha value is -2.29. The number of piperazine rings is 1. The molecule has 8 heteroatoms. The second kappa shape index (κ2) is 9.96. The van der Waals surface area contributed by atoms with Crippen molar-refractivity contribution in [2.75, 3.05) is 51.6 Å². The molecule has 1 saturated heterocycles. The molecular formula is C21H29FN4O2S+2. The monoisotopic (exact) mass is 420 g/mol. The third-order valence-electron chi connectivity index (χ3n) is 5.36. The van der Waals surface area contributed by atoms with Gasteiger partial charge in [-0.2, -0.15) is 0 Å². The summed E-state index contributed by atoms with van der Waals surface area (Å²) < 4.78 is 13.2. The summed E-state index contributed by atoms with van der Waals surface area (Å²) in [7, 11) is 1.86. The zero-order valence-corrected chi connectivity index (χ0v) is 17.8. The zero-order valence-electron chi connectivity index (χ0n) is 17.0. The SMILES string of the molecule is Cc1ccsc1CN(C)C(=O)C[NH+]1CC[NH+](CC(=O)Nc2cccc(F)c2)CC1. The molecule has 1 aromatic carbocycles. The standard InChI is InChI=1S/C21H27FN4O2S/c1-16-6-11-29-19(16)13-24(2)21(28)15-26-9-7-25(8-10-26)14-20(27)23-18-5-3-4-17(22)12-18/h3-6,11-12H,7-10,13-15H2,1-2H3,(H,23,27)/p+2. The first kappa shape index (κ1) is 21.4. The maximum Gasteiger partial charge on any atom is 0.279 e. The van der Waals surface area contributed by atoms with Crippen molar-refractivity contribution in [3.63, 3.8) is 0 Å². The summed E-state index contributed by atoms with van der Waals surface area (Å²) in [4.78, 5) is 30.2. The fourth-order valence-electron chi connectivity index (χ4n) is 3.53. The van der Waals surface area contributed by atoms with Gasteiger partial charge in [0, 0.05) is 17.6 Å². The third-order valence-corrected chi connectivity index (χ3v) is 6.37. The Morgan fingerprint density at radius 2 is 1.83 bits per heavy atom. The summed E-state index contributed by atoms with van der Waals surface area (Å²) in [6, 6.07) is 8.00. The molecule has 29 heavy (non-hydrogen) atoms. The van der Waals surface area contributed by atoms with Gasteiger partial charge in [0.2, 0.25) is 0 Å². The van der Waals surface area contributed by atoms with Crippen molar-refractivity contribution in [2.45, 2.75) is 13.5 Å². The van der Waals surface area contributed by atoms with Gasteiger partial charge in [-0.05, 0) is 42.1 Å². The smallest absolute Gasteiger partial charge is 0.279 e. The molecule has 3 N–H and O–H groups in total. The summed E-state index contributed by atoms with van der Waals surface area (Å²) in [5, 5.41) is 4.80. The minimum absolute atomic E-state index is 0.115. The number of anilines is 1. The van der Waals surface area contributed by atoms with Gasteiger partial charge in [0.1, 0.15) is 32.0 Å². The van der Waals surface area contributed by atoms with Crippen molar-refractivity contribution in [3.8, 4) is 0 Å². The first-order chi connectivity index (χ1) is 13.9. The molecule has 1 aliphatic heterocycles. The summed E-state index contributed by atoms with van der Waals surface area (Å²) in [6.45, 7) is 6.98. The molecule has 0 saturated carbocycles. The van der Waals surface area contributed by atoms with Crippen LogP contribution in [0.3, 0.4) is 0 Å². The molecule has 6 nitrogen and oxygen atoms in total. The van der Waals surface area contributed by atoms with Crippen LogP contribution in [0.4, 0.5) is 10.1 Å². The van der Waals surface area contributed by atoms with Crippen molar-refractivity contribution in [2.24, 2.45) is 0 Å². The molecule has 1 fully saturated rings. The van der Waals surface area contributed by atoms with Crippen molar-refractivity contribution in [1.29, 1.82) is 0 Å². The summed E-state index contributed by atoms with van der Waals surface area (Å²) in [6.07, 6.45) is 0. The van der Waals surface area contributed by atoms with Crippen molar-refractivity contribution in [3.05, 3.63) is 52.0 Å². The molecule has 2 amide bonds. The van der Waals surface area contributed by atoms with E-state index in [2.05, 4.69) is 23.7 Å². The lowest BCUT2D eigenvalue weighted by Gasteiger charge is -2.30. The molecule has 0 spiro atoms. The highest BCUT2D eigenvalue weighted by Crippen LogP contribution is 2.17. The van der Waals surface area contributed by atoms with Gasteiger partial charge in [-0.25, -0.2) is 4.39 Å². The molecular weight excluding hydrogens is 391 g/mol. The van der Waals surface area contributed by atoms with E-state index >= 15 is 0 Å². The Balaban J connectivity index is 1.39. The van der Waals surface area contributed by atoms with Crippen molar-refractivity contribution < 1.29 is 23.8 Å². The number of aryl methyl sites for hydroxylation is 1. The van der Waals surface area contributed by atoms with E-state index in [0.29, 0.717) is 25.3 Å². The quantitative estimate of drug-likeness (QED) is 0.570. The number of hydrogen-bond donors (Lipinski definition) is 3. The minimum atomic E-state index is -0.365. The van der Waals surface area contributed by atoms with Gasteiger partial charge in [0.05, 0.1) is 6.54 Å². The van der Waals surface area contributed by atoms with Crippen LogP contribution in [0, 0.1) is 12.7 Å². The Labute approximate surface area is 174 Å². The van der Waals surface area contributed by atoms with E-state index < -0.39 is 0 Å². The Bertz CT molecular complexity index is 849. The number of thiophene rings is 1. The number of likely N-dealkylation sites (N-methyl/N-ethyl adjacent to an activating group) is 1. The molecule has 0 radical (unpaired) electrons. The van der Waals surface area contributed by atoms with E-state index in [0.717, 1.165) is 26.2 Å². The van der Waals surface area contributed by atoms with E-state index in [-0.39, 0.29) is 17.6 Å². The molecule has 156 valence electrons. The molecule has 1 aliphatic rings. The highest BCUT2D eigenvalue weighted by Gasteiger charge is 2.27. The molecule has 0 unspecified atom stereocenters. The molecule has 3 rings (SSSR count). The van der Waals surface area contributed by atoms with Crippen LogP contribution in [0.2, 0.25) is 0 Å². The highest BCUT2D eigenvalue weighted by molar-refractivity contribution is 7.10. The minimum Gasteiger partial charge on any atom is -0.336 e. The number of nitrogens with one attached hydrogen (secondary N) is 3. The molecule has 1 aromatic heterocycles. The Kier molecular flexibility index (Phi) is 7.35. The number of carbonyl (C=O) groups excluding carboxylic acids is 2. The Morgan fingerprint density at radius 3 is 2.45 bits per heavy atom. The van der Waals surface area contributed by atoms with Crippen LogP contribution in [0.5, 0.6) is 0 Å². The zero-order chi connectivity index (χ0) is 20.8. The topological polar surface area (TPSA) is 58.3 Å². The van der Waals surface area contributed by atoms with Crippen LogP contribution in [-0.2, 0) is 16.1 Å². The average Bonchev–Trinajstić information content (AvgIpc) is 3.08. The average molecular weight is 421 g/mol. The number of rotatable bonds is 7. The van der Waals surface area contributed by atoms with Gasteiger partial charge in [0.25, 0.3) is 11.8 Å². The fraction of sp³-hybridized carbons (Fsp3) is 0.429. The molecule has 0 aliphatic carbocycles. The van der Waals surface area contributed by atoms with Crippen molar-refractivity contribution >= 4 is 28.8 Å². The lowest BCUT2D eigenvalue weighted by Crippen LogP contribution is -3.28.